The van der Waals surface area contributed by atoms with Crippen molar-refractivity contribution in [1.29, 1.82) is 0 Å². The predicted molar refractivity (Wildman–Crippen MR) is 99.7 cm³/mol. The van der Waals surface area contributed by atoms with Crippen LogP contribution in [0.4, 0.5) is 0 Å². The molecule has 0 aliphatic carbocycles. The molecule has 4 N–H and O–H groups in total. The van der Waals surface area contributed by atoms with Crippen molar-refractivity contribution in [3.8, 4) is 0 Å². The second-order valence-electron chi connectivity index (χ2n) is 7.62. The first-order valence-electron chi connectivity index (χ1n) is 9.19. The van der Waals surface area contributed by atoms with E-state index in [2.05, 4.69) is 10.6 Å². The Kier molecular flexibility index (Phi) is 4.72. The van der Waals surface area contributed by atoms with Crippen LogP contribution in [-0.4, -0.2) is 60.7 Å². The highest BCUT2D eigenvalue weighted by molar-refractivity contribution is 7.91. The Labute approximate surface area is 162 Å². The van der Waals surface area contributed by atoms with Gasteiger partial charge in [-0.2, -0.15) is 0 Å². The zero-order valence-corrected chi connectivity index (χ0v) is 16.0. The van der Waals surface area contributed by atoms with Crippen molar-refractivity contribution in [1.82, 2.24) is 15.5 Å². The molecular weight excluding hydrogens is 384 g/mol. The van der Waals surface area contributed by atoms with E-state index in [0.29, 0.717) is 25.1 Å². The molecule has 9 nitrogen and oxygen atoms in total. The van der Waals surface area contributed by atoms with Gasteiger partial charge in [-0.3, -0.25) is 19.7 Å². The number of piperidine rings is 1. The number of hydrogen-bond acceptors (Lipinski definition) is 7. The molecule has 0 saturated carbocycles. The van der Waals surface area contributed by atoms with Gasteiger partial charge in [0.25, 0.3) is 5.91 Å². The number of nitrogens with zero attached hydrogens (tertiary/aromatic N) is 1. The Balaban J connectivity index is 1.44. The van der Waals surface area contributed by atoms with Crippen molar-refractivity contribution >= 4 is 27.6 Å². The number of nitrogens with two attached hydrogens (primary N) is 1. The topological polar surface area (TPSA) is 139 Å². The van der Waals surface area contributed by atoms with Gasteiger partial charge in [0.1, 0.15) is 6.04 Å². The lowest BCUT2D eigenvalue weighted by Gasteiger charge is -2.29. The number of carbonyl (C=O) groups excluding carboxylic acids is 3. The molecule has 28 heavy (non-hydrogen) atoms. The zero-order valence-electron chi connectivity index (χ0n) is 15.2. The van der Waals surface area contributed by atoms with Crippen LogP contribution in [0.1, 0.15) is 34.3 Å². The van der Waals surface area contributed by atoms with E-state index in [-0.39, 0.29) is 35.8 Å². The highest BCUT2D eigenvalue weighted by atomic mass is 32.2. The van der Waals surface area contributed by atoms with Gasteiger partial charge in [-0.25, -0.2) is 8.42 Å². The van der Waals surface area contributed by atoms with Crippen LogP contribution in [0, 0.1) is 0 Å². The third kappa shape index (κ3) is 3.54. The van der Waals surface area contributed by atoms with Crippen LogP contribution in [0.25, 0.3) is 0 Å². The van der Waals surface area contributed by atoms with E-state index in [1.807, 2.05) is 12.1 Å². The third-order valence-corrected chi connectivity index (χ3v) is 7.32. The van der Waals surface area contributed by atoms with Crippen molar-refractivity contribution in [3.63, 3.8) is 0 Å². The van der Waals surface area contributed by atoms with Crippen molar-refractivity contribution < 1.29 is 22.8 Å². The third-order valence-electron chi connectivity index (χ3n) is 5.56. The minimum atomic E-state index is -3.11. The summed E-state index contributed by atoms with van der Waals surface area (Å²) in [7, 11) is -3.11. The van der Waals surface area contributed by atoms with Gasteiger partial charge >= 0.3 is 0 Å². The largest absolute Gasteiger partial charge is 0.325 e. The lowest BCUT2D eigenvalue weighted by Crippen LogP contribution is -2.52. The molecule has 10 heteroatoms. The quantitative estimate of drug-likeness (QED) is 0.526. The number of benzene rings is 1. The fraction of sp³-hybridized carbons (Fsp3) is 0.500. The summed E-state index contributed by atoms with van der Waals surface area (Å²) in [5.41, 5.74) is 8.10. The smallest absolute Gasteiger partial charge is 0.255 e. The van der Waals surface area contributed by atoms with Gasteiger partial charge in [-0.15, -0.1) is 0 Å². The summed E-state index contributed by atoms with van der Waals surface area (Å²) in [4.78, 5) is 37.7. The van der Waals surface area contributed by atoms with Crippen LogP contribution in [0.3, 0.4) is 0 Å². The van der Waals surface area contributed by atoms with Crippen LogP contribution < -0.4 is 16.4 Å². The van der Waals surface area contributed by atoms with E-state index >= 15 is 0 Å². The molecule has 0 spiro atoms. The molecule has 3 aliphatic rings. The Morgan fingerprint density at radius 3 is 2.68 bits per heavy atom. The average molecular weight is 406 g/mol. The molecule has 1 aromatic rings. The Morgan fingerprint density at radius 2 is 2.00 bits per heavy atom. The Bertz CT molecular complexity index is 961. The molecule has 3 aliphatic heterocycles. The zero-order chi connectivity index (χ0) is 20.1. The number of carbonyl (C=O) groups is 3. The molecule has 2 fully saturated rings. The Hall–Kier alpha value is -2.30. The van der Waals surface area contributed by atoms with Gasteiger partial charge < -0.3 is 16.0 Å². The number of sulfone groups is 1. The molecule has 3 atom stereocenters. The lowest BCUT2D eigenvalue weighted by atomic mass is 10.0. The standard InChI is InChI=1S/C18H22N4O5S/c19-13-8-28(26,27)9-14(13)20-6-10-1-2-11-7-22(18(25)12(11)5-10)15-3-4-16(23)21-17(15)24/h1-2,5,13-15,20H,3-4,6-9,19H2,(H,21,23,24). The number of fused-ring (bicyclic) bond motifs is 1. The van der Waals surface area contributed by atoms with Crippen molar-refractivity contribution in [2.75, 3.05) is 11.5 Å². The molecule has 150 valence electrons. The average Bonchev–Trinajstić information content (AvgIpc) is 3.08. The first-order chi connectivity index (χ1) is 13.2. The van der Waals surface area contributed by atoms with Crippen LogP contribution >= 0.6 is 0 Å². The summed E-state index contributed by atoms with van der Waals surface area (Å²) in [6.07, 6.45) is 0.545. The minimum absolute atomic E-state index is 0.0152. The first kappa shape index (κ1) is 19.0. The fourth-order valence-corrected chi connectivity index (χ4v) is 5.91. The SMILES string of the molecule is NC1CS(=O)(=O)CC1NCc1ccc2c(c1)C(=O)N(C1CCC(=O)NC1=O)C2. The summed E-state index contributed by atoms with van der Waals surface area (Å²) in [6.45, 7) is 0.729. The van der Waals surface area contributed by atoms with Gasteiger partial charge in [-0.1, -0.05) is 12.1 Å². The van der Waals surface area contributed by atoms with Crippen LogP contribution in [0.15, 0.2) is 18.2 Å². The number of amides is 3. The molecule has 2 saturated heterocycles. The highest BCUT2D eigenvalue weighted by Crippen LogP contribution is 2.28. The van der Waals surface area contributed by atoms with E-state index in [0.717, 1.165) is 11.1 Å². The van der Waals surface area contributed by atoms with Crippen molar-refractivity contribution in [2.24, 2.45) is 5.73 Å². The number of hydrogen-bond donors (Lipinski definition) is 3. The second-order valence-corrected chi connectivity index (χ2v) is 9.77. The number of imide groups is 1. The van der Waals surface area contributed by atoms with Gasteiger partial charge in [0.05, 0.1) is 11.5 Å². The highest BCUT2D eigenvalue weighted by Gasteiger charge is 2.39. The van der Waals surface area contributed by atoms with Crippen LogP contribution in [0.2, 0.25) is 0 Å². The van der Waals surface area contributed by atoms with Gasteiger partial charge in [-0.05, 0) is 23.6 Å². The summed E-state index contributed by atoms with van der Waals surface area (Å²) >= 11 is 0. The van der Waals surface area contributed by atoms with Crippen LogP contribution in [0.5, 0.6) is 0 Å². The first-order valence-corrected chi connectivity index (χ1v) is 11.0. The number of nitrogens with one attached hydrogen (secondary N) is 2. The van der Waals surface area contributed by atoms with Gasteiger partial charge in [0, 0.05) is 37.2 Å². The summed E-state index contributed by atoms with van der Waals surface area (Å²) in [5.74, 6) is -0.983. The van der Waals surface area contributed by atoms with Crippen molar-refractivity contribution in [3.05, 3.63) is 34.9 Å². The summed E-state index contributed by atoms with van der Waals surface area (Å²) in [6, 6.07) is 4.11. The molecule has 0 aromatic heterocycles. The van der Waals surface area contributed by atoms with Gasteiger partial charge in [0.2, 0.25) is 11.8 Å². The molecular formula is C18H22N4O5S. The summed E-state index contributed by atoms with van der Waals surface area (Å²) in [5, 5.41) is 5.45. The maximum absolute atomic E-state index is 12.8. The maximum atomic E-state index is 12.8. The fourth-order valence-electron chi connectivity index (χ4n) is 4.05. The van der Waals surface area contributed by atoms with Crippen molar-refractivity contribution in [2.45, 2.75) is 44.1 Å². The van der Waals surface area contributed by atoms with E-state index in [4.69, 9.17) is 5.73 Å². The molecule has 4 rings (SSSR count). The number of rotatable bonds is 4. The normalized spacial score (nSPS) is 29.1. The van der Waals surface area contributed by atoms with E-state index in [1.54, 1.807) is 6.07 Å². The molecule has 3 unspecified atom stereocenters. The lowest BCUT2D eigenvalue weighted by molar-refractivity contribution is -0.136. The molecule has 3 heterocycles. The van der Waals surface area contributed by atoms with Gasteiger partial charge in [0.15, 0.2) is 9.84 Å². The minimum Gasteiger partial charge on any atom is -0.325 e. The van der Waals surface area contributed by atoms with E-state index in [1.165, 1.54) is 4.90 Å². The molecule has 0 radical (unpaired) electrons. The monoisotopic (exact) mass is 406 g/mol. The predicted octanol–water partition coefficient (Wildman–Crippen LogP) is -1.34. The molecule has 1 aromatic carbocycles. The molecule has 0 bridgehead atoms. The maximum Gasteiger partial charge on any atom is 0.255 e. The summed E-state index contributed by atoms with van der Waals surface area (Å²) < 4.78 is 23.3. The van der Waals surface area contributed by atoms with Crippen LogP contribution in [-0.2, 0) is 32.5 Å². The Morgan fingerprint density at radius 1 is 1.21 bits per heavy atom. The second kappa shape index (κ2) is 6.94. The van der Waals surface area contributed by atoms with E-state index in [9.17, 15) is 22.8 Å². The molecule has 3 amide bonds. The van der Waals surface area contributed by atoms with E-state index < -0.39 is 27.8 Å².